The third-order valence-corrected chi connectivity index (χ3v) is 2.95. The van der Waals surface area contributed by atoms with Crippen molar-refractivity contribution in [1.29, 1.82) is 0 Å². The molecule has 1 aromatic heterocycles. The molecule has 0 radical (unpaired) electrons. The van der Waals surface area contributed by atoms with Crippen molar-refractivity contribution >= 4 is 41.0 Å². The molecule has 27 heavy (non-hydrogen) atoms. The predicted octanol–water partition coefficient (Wildman–Crippen LogP) is 3.56. The second kappa shape index (κ2) is 9.04. The van der Waals surface area contributed by atoms with E-state index in [9.17, 15) is 14.4 Å². The quantitative estimate of drug-likeness (QED) is 0.610. The van der Waals surface area contributed by atoms with E-state index in [4.69, 9.17) is 4.74 Å². The van der Waals surface area contributed by atoms with Gasteiger partial charge in [0.1, 0.15) is 5.69 Å². The third kappa shape index (κ3) is 5.88. The molecule has 0 aliphatic rings. The maximum Gasteiger partial charge on any atom is 0.513 e. The predicted molar refractivity (Wildman–Crippen MR) is 96.5 cm³/mol. The second-order valence-electron chi connectivity index (χ2n) is 5.16. The summed E-state index contributed by atoms with van der Waals surface area (Å²) < 4.78 is 9.45. The van der Waals surface area contributed by atoms with E-state index in [1.54, 1.807) is 24.3 Å². The molecule has 0 bridgehead atoms. The van der Waals surface area contributed by atoms with Crippen molar-refractivity contribution in [2.24, 2.45) is 10.2 Å². The minimum absolute atomic E-state index is 0.0307. The minimum Gasteiger partial charge on any atom is -0.437 e. The van der Waals surface area contributed by atoms with Gasteiger partial charge in [-0.2, -0.15) is 5.11 Å². The molecule has 0 saturated heterocycles. The number of nitrogens with one attached hydrogen (secondary N) is 2. The smallest absolute Gasteiger partial charge is 0.437 e. The van der Waals surface area contributed by atoms with Gasteiger partial charge in [-0.05, 0) is 12.1 Å². The number of anilines is 2. The molecule has 10 nitrogen and oxygen atoms in total. The van der Waals surface area contributed by atoms with E-state index in [0.29, 0.717) is 5.69 Å². The van der Waals surface area contributed by atoms with Gasteiger partial charge in [0.25, 0.3) is 0 Å². The number of hydrogen-bond donors (Lipinski definition) is 2. The topological polar surface area (TPSA) is 131 Å². The van der Waals surface area contributed by atoms with Crippen LogP contribution >= 0.6 is 0 Å². The number of ether oxygens (including phenoxy) is 2. The highest BCUT2D eigenvalue weighted by Gasteiger charge is 2.18. The number of hydrogen-bond acceptors (Lipinski definition) is 8. The lowest BCUT2D eigenvalue weighted by molar-refractivity contribution is -0.115. The molecule has 2 aromatic rings. The number of nitrogens with zero attached hydrogens (tertiary/aromatic N) is 3. The first-order valence-electron chi connectivity index (χ1n) is 7.72. The standard InChI is InChI=1S/C17H17N5O5/c1-10(23)18-15-13(22-21-12-7-5-4-6-8-12)9-14(27-17(25)26-3)16(20-15)19-11(2)24/h4-9H,1-3H3,(H2,18,19,20,23,24). The molecule has 0 aliphatic heterocycles. The molecule has 0 atom stereocenters. The zero-order chi connectivity index (χ0) is 19.8. The molecule has 140 valence electrons. The lowest BCUT2D eigenvalue weighted by atomic mass is 10.3. The molecule has 0 aliphatic carbocycles. The van der Waals surface area contributed by atoms with Gasteiger partial charge in [-0.3, -0.25) is 9.59 Å². The van der Waals surface area contributed by atoms with Crippen LogP contribution in [-0.4, -0.2) is 30.1 Å². The number of azo groups is 1. The van der Waals surface area contributed by atoms with E-state index in [-0.39, 0.29) is 23.1 Å². The summed E-state index contributed by atoms with van der Waals surface area (Å²) in [6.45, 7) is 2.54. The monoisotopic (exact) mass is 371 g/mol. The first-order chi connectivity index (χ1) is 12.9. The first kappa shape index (κ1) is 19.5. The Balaban J connectivity index is 2.51. The summed E-state index contributed by atoms with van der Waals surface area (Å²) >= 11 is 0. The molecule has 0 saturated carbocycles. The normalized spacial score (nSPS) is 10.3. The fourth-order valence-corrected chi connectivity index (χ4v) is 1.89. The van der Waals surface area contributed by atoms with Crippen LogP contribution in [0.4, 0.5) is 27.8 Å². The number of carbonyl (C=O) groups excluding carboxylic acids is 3. The Morgan fingerprint density at radius 3 is 2.19 bits per heavy atom. The van der Waals surface area contributed by atoms with E-state index in [1.165, 1.54) is 19.9 Å². The number of carbonyl (C=O) groups is 3. The summed E-state index contributed by atoms with van der Waals surface area (Å²) in [6, 6.07) is 10.2. The largest absolute Gasteiger partial charge is 0.513 e. The minimum atomic E-state index is -1.01. The Hall–Kier alpha value is -3.82. The fraction of sp³-hybridized carbons (Fsp3) is 0.176. The van der Waals surface area contributed by atoms with Crippen LogP contribution in [0.3, 0.4) is 0 Å². The Kier molecular flexibility index (Phi) is 6.53. The molecule has 1 heterocycles. The molecular formula is C17H17N5O5. The maximum absolute atomic E-state index is 11.5. The van der Waals surface area contributed by atoms with Crippen LogP contribution in [0.5, 0.6) is 5.75 Å². The molecule has 10 heteroatoms. The molecule has 0 fully saturated rings. The number of amides is 2. The van der Waals surface area contributed by atoms with Crippen molar-refractivity contribution in [3.05, 3.63) is 36.4 Å². The second-order valence-corrected chi connectivity index (χ2v) is 5.16. The Bertz CT molecular complexity index is 883. The van der Waals surface area contributed by atoms with Crippen molar-refractivity contribution in [2.75, 3.05) is 17.7 Å². The lowest BCUT2D eigenvalue weighted by Crippen LogP contribution is -2.15. The van der Waals surface area contributed by atoms with Crippen LogP contribution in [0.2, 0.25) is 0 Å². The van der Waals surface area contributed by atoms with Crippen molar-refractivity contribution in [3.63, 3.8) is 0 Å². The van der Waals surface area contributed by atoms with Gasteiger partial charge >= 0.3 is 6.16 Å². The van der Waals surface area contributed by atoms with Crippen LogP contribution in [-0.2, 0) is 14.3 Å². The summed E-state index contributed by atoms with van der Waals surface area (Å²) in [4.78, 5) is 38.4. The molecule has 2 N–H and O–H groups in total. The van der Waals surface area contributed by atoms with E-state index < -0.39 is 18.0 Å². The van der Waals surface area contributed by atoms with Crippen LogP contribution in [0, 0.1) is 0 Å². The molecule has 0 unspecified atom stereocenters. The molecule has 0 spiro atoms. The Morgan fingerprint density at radius 2 is 1.59 bits per heavy atom. The fourth-order valence-electron chi connectivity index (χ4n) is 1.89. The van der Waals surface area contributed by atoms with Gasteiger partial charge < -0.3 is 20.1 Å². The number of pyridine rings is 1. The average molecular weight is 371 g/mol. The van der Waals surface area contributed by atoms with Crippen molar-refractivity contribution < 1.29 is 23.9 Å². The molecular weight excluding hydrogens is 354 g/mol. The molecule has 2 rings (SSSR count). The van der Waals surface area contributed by atoms with Crippen molar-refractivity contribution in [2.45, 2.75) is 13.8 Å². The van der Waals surface area contributed by atoms with E-state index in [0.717, 1.165) is 7.11 Å². The SMILES string of the molecule is COC(=O)Oc1cc(N=Nc2ccccc2)c(NC(C)=O)nc1NC(C)=O. The van der Waals surface area contributed by atoms with Crippen LogP contribution in [0.15, 0.2) is 46.6 Å². The summed E-state index contributed by atoms with van der Waals surface area (Å²) in [7, 11) is 1.13. The summed E-state index contributed by atoms with van der Waals surface area (Å²) in [5.74, 6) is -1.04. The van der Waals surface area contributed by atoms with Gasteiger partial charge in [0.2, 0.25) is 11.8 Å². The summed E-state index contributed by atoms with van der Waals surface area (Å²) in [5.41, 5.74) is 0.676. The Morgan fingerprint density at radius 1 is 0.963 bits per heavy atom. The number of benzene rings is 1. The van der Waals surface area contributed by atoms with Crippen molar-refractivity contribution in [1.82, 2.24) is 4.98 Å². The van der Waals surface area contributed by atoms with E-state index >= 15 is 0 Å². The molecule has 1 aromatic carbocycles. The zero-order valence-electron chi connectivity index (χ0n) is 14.8. The van der Waals surface area contributed by atoms with Gasteiger partial charge in [0.15, 0.2) is 17.4 Å². The van der Waals surface area contributed by atoms with Gasteiger partial charge in [-0.15, -0.1) is 5.11 Å². The third-order valence-electron chi connectivity index (χ3n) is 2.95. The number of rotatable bonds is 5. The first-order valence-corrected chi connectivity index (χ1v) is 7.72. The zero-order valence-corrected chi connectivity index (χ0v) is 14.8. The number of methoxy groups -OCH3 is 1. The van der Waals surface area contributed by atoms with Crippen LogP contribution in [0.1, 0.15) is 13.8 Å². The summed E-state index contributed by atoms with van der Waals surface area (Å²) in [6.07, 6.45) is -1.01. The summed E-state index contributed by atoms with van der Waals surface area (Å²) in [5, 5.41) is 13.0. The van der Waals surface area contributed by atoms with Crippen LogP contribution in [0.25, 0.3) is 0 Å². The highest BCUT2D eigenvalue weighted by Crippen LogP contribution is 2.35. The van der Waals surface area contributed by atoms with Gasteiger partial charge in [-0.25, -0.2) is 9.78 Å². The van der Waals surface area contributed by atoms with Gasteiger partial charge in [-0.1, -0.05) is 18.2 Å². The highest BCUT2D eigenvalue weighted by molar-refractivity contribution is 5.94. The van der Waals surface area contributed by atoms with E-state index in [2.05, 4.69) is 30.6 Å². The average Bonchev–Trinajstić information content (AvgIpc) is 2.62. The molecule has 2 amide bonds. The van der Waals surface area contributed by atoms with Crippen LogP contribution < -0.4 is 15.4 Å². The highest BCUT2D eigenvalue weighted by atomic mass is 16.7. The lowest BCUT2D eigenvalue weighted by Gasteiger charge is -2.12. The van der Waals surface area contributed by atoms with Gasteiger partial charge in [0.05, 0.1) is 12.8 Å². The Labute approximate surface area is 154 Å². The van der Waals surface area contributed by atoms with Crippen molar-refractivity contribution in [3.8, 4) is 5.75 Å². The maximum atomic E-state index is 11.5. The van der Waals surface area contributed by atoms with E-state index in [1.807, 2.05) is 6.07 Å². The van der Waals surface area contributed by atoms with Gasteiger partial charge in [0, 0.05) is 19.9 Å². The number of aromatic nitrogens is 1.